The molecule has 0 radical (unpaired) electrons. The summed E-state index contributed by atoms with van der Waals surface area (Å²) in [6.45, 7) is 3.39. The van der Waals surface area contributed by atoms with Crippen LogP contribution >= 0.6 is 0 Å². The van der Waals surface area contributed by atoms with Crippen LogP contribution in [0.15, 0.2) is 12.3 Å². The van der Waals surface area contributed by atoms with E-state index in [1.54, 1.807) is 6.20 Å². The summed E-state index contributed by atoms with van der Waals surface area (Å²) in [5.74, 6) is 1.58. The highest BCUT2D eigenvalue weighted by atomic mass is 16.5. The fraction of sp³-hybridized carbons (Fsp3) is 0.444. The van der Waals surface area contributed by atoms with Crippen molar-refractivity contribution in [3.05, 3.63) is 18.0 Å². The van der Waals surface area contributed by atoms with Gasteiger partial charge < -0.3 is 9.47 Å². The van der Waals surface area contributed by atoms with E-state index in [-0.39, 0.29) is 0 Å². The van der Waals surface area contributed by atoms with E-state index in [4.69, 9.17) is 9.47 Å². The highest BCUT2D eigenvalue weighted by Crippen LogP contribution is 2.28. The van der Waals surface area contributed by atoms with Crippen LogP contribution in [0.3, 0.4) is 0 Å². The molecule has 0 aliphatic carbocycles. The molecule has 64 valence electrons. The van der Waals surface area contributed by atoms with E-state index in [0.717, 1.165) is 36.8 Å². The lowest BCUT2D eigenvalue weighted by atomic mass is 10.3. The lowest BCUT2D eigenvalue weighted by molar-refractivity contribution is 0.296. The van der Waals surface area contributed by atoms with E-state index in [1.807, 2.05) is 13.0 Å². The van der Waals surface area contributed by atoms with Crippen molar-refractivity contribution in [1.82, 2.24) is 4.98 Å². The summed E-state index contributed by atoms with van der Waals surface area (Å²) in [5, 5.41) is 0. The highest BCUT2D eigenvalue weighted by Gasteiger charge is 2.09. The van der Waals surface area contributed by atoms with Crippen LogP contribution in [0.2, 0.25) is 0 Å². The molecule has 0 fully saturated rings. The molecule has 1 aliphatic heterocycles. The van der Waals surface area contributed by atoms with Crippen LogP contribution in [0.4, 0.5) is 0 Å². The summed E-state index contributed by atoms with van der Waals surface area (Å²) >= 11 is 0. The van der Waals surface area contributed by atoms with Gasteiger partial charge in [-0.25, -0.2) is 0 Å². The zero-order valence-electron chi connectivity index (χ0n) is 7.04. The Labute approximate surface area is 71.3 Å². The van der Waals surface area contributed by atoms with Crippen LogP contribution in [0.1, 0.15) is 12.1 Å². The number of hydrogen-bond donors (Lipinski definition) is 0. The van der Waals surface area contributed by atoms with Crippen molar-refractivity contribution in [1.29, 1.82) is 0 Å². The predicted octanol–water partition coefficient (Wildman–Crippen LogP) is 1.55. The third-order valence-corrected chi connectivity index (χ3v) is 1.77. The van der Waals surface area contributed by atoms with Crippen LogP contribution in [-0.2, 0) is 0 Å². The number of fused-ring (bicyclic) bond motifs is 1. The molecule has 2 rings (SSSR count). The summed E-state index contributed by atoms with van der Waals surface area (Å²) < 4.78 is 10.9. The molecule has 12 heavy (non-hydrogen) atoms. The Morgan fingerprint density at radius 1 is 1.25 bits per heavy atom. The summed E-state index contributed by atoms with van der Waals surface area (Å²) in [6, 6.07) is 1.90. The monoisotopic (exact) mass is 165 g/mol. The zero-order chi connectivity index (χ0) is 8.39. The van der Waals surface area contributed by atoms with Gasteiger partial charge in [-0.2, -0.15) is 0 Å². The van der Waals surface area contributed by atoms with Crippen LogP contribution in [0, 0.1) is 6.92 Å². The maximum atomic E-state index is 5.46. The molecular weight excluding hydrogens is 154 g/mol. The van der Waals surface area contributed by atoms with E-state index in [1.165, 1.54) is 0 Å². The Morgan fingerprint density at radius 2 is 2.00 bits per heavy atom. The zero-order valence-corrected chi connectivity index (χ0v) is 7.04. The van der Waals surface area contributed by atoms with Crippen LogP contribution in [-0.4, -0.2) is 18.2 Å². The van der Waals surface area contributed by atoms with Crippen LogP contribution in [0.25, 0.3) is 0 Å². The molecule has 1 aromatic heterocycles. The molecule has 1 aromatic rings. The highest BCUT2D eigenvalue weighted by molar-refractivity contribution is 5.39. The summed E-state index contributed by atoms with van der Waals surface area (Å²) in [5.41, 5.74) is 0.958. The van der Waals surface area contributed by atoms with Gasteiger partial charge in [0, 0.05) is 18.2 Å². The Bertz CT molecular complexity index is 286. The van der Waals surface area contributed by atoms with E-state index in [0.29, 0.717) is 0 Å². The van der Waals surface area contributed by atoms with Gasteiger partial charge in [-0.1, -0.05) is 0 Å². The Balaban J connectivity index is 2.36. The lowest BCUT2D eigenvalue weighted by Gasteiger charge is -2.05. The van der Waals surface area contributed by atoms with Crippen molar-refractivity contribution < 1.29 is 9.47 Å². The molecule has 0 atom stereocenters. The summed E-state index contributed by atoms with van der Waals surface area (Å²) in [4.78, 5) is 4.13. The van der Waals surface area contributed by atoms with Crippen molar-refractivity contribution in [2.24, 2.45) is 0 Å². The third kappa shape index (κ3) is 1.35. The fourth-order valence-electron chi connectivity index (χ4n) is 1.17. The standard InChI is InChI=1S/C9H11NO2/c1-7-5-8-9(6-10-7)12-4-2-3-11-8/h5-6H,2-4H2,1H3. The van der Waals surface area contributed by atoms with Gasteiger partial charge >= 0.3 is 0 Å². The smallest absolute Gasteiger partial charge is 0.179 e. The van der Waals surface area contributed by atoms with Gasteiger partial charge in [0.25, 0.3) is 0 Å². The summed E-state index contributed by atoms with van der Waals surface area (Å²) in [6.07, 6.45) is 2.66. The first kappa shape index (κ1) is 7.40. The summed E-state index contributed by atoms with van der Waals surface area (Å²) in [7, 11) is 0. The molecule has 0 unspecified atom stereocenters. The molecule has 0 saturated carbocycles. The molecule has 0 aromatic carbocycles. The van der Waals surface area contributed by atoms with Crippen molar-refractivity contribution in [3.8, 4) is 11.5 Å². The van der Waals surface area contributed by atoms with E-state index in [9.17, 15) is 0 Å². The van der Waals surface area contributed by atoms with Gasteiger partial charge in [0.2, 0.25) is 0 Å². The number of rotatable bonds is 0. The second kappa shape index (κ2) is 3.01. The average molecular weight is 165 g/mol. The first-order valence-electron chi connectivity index (χ1n) is 4.08. The topological polar surface area (TPSA) is 31.4 Å². The van der Waals surface area contributed by atoms with Gasteiger partial charge in [0.1, 0.15) is 0 Å². The molecule has 3 heteroatoms. The number of nitrogens with zero attached hydrogens (tertiary/aromatic N) is 1. The maximum Gasteiger partial charge on any atom is 0.179 e. The molecule has 1 aliphatic rings. The largest absolute Gasteiger partial charge is 0.489 e. The molecular formula is C9H11NO2. The van der Waals surface area contributed by atoms with Crippen molar-refractivity contribution >= 4 is 0 Å². The number of hydrogen-bond acceptors (Lipinski definition) is 3. The van der Waals surface area contributed by atoms with Crippen molar-refractivity contribution in [2.75, 3.05) is 13.2 Å². The second-order valence-corrected chi connectivity index (χ2v) is 2.82. The normalized spacial score (nSPS) is 15.4. The van der Waals surface area contributed by atoms with Gasteiger partial charge in [0.15, 0.2) is 11.5 Å². The lowest BCUT2D eigenvalue weighted by Crippen LogP contribution is -1.97. The molecule has 0 amide bonds. The molecule has 2 heterocycles. The van der Waals surface area contributed by atoms with E-state index in [2.05, 4.69) is 4.98 Å². The fourth-order valence-corrected chi connectivity index (χ4v) is 1.17. The number of pyridine rings is 1. The van der Waals surface area contributed by atoms with E-state index < -0.39 is 0 Å². The Morgan fingerprint density at radius 3 is 2.83 bits per heavy atom. The van der Waals surface area contributed by atoms with Gasteiger partial charge in [0.05, 0.1) is 19.4 Å². The minimum atomic E-state index is 0.720. The third-order valence-electron chi connectivity index (χ3n) is 1.77. The SMILES string of the molecule is Cc1cc2c(cn1)OCCCO2. The molecule has 0 saturated heterocycles. The number of aryl methyl sites for hydroxylation is 1. The van der Waals surface area contributed by atoms with Crippen LogP contribution < -0.4 is 9.47 Å². The van der Waals surface area contributed by atoms with Gasteiger partial charge in [-0.3, -0.25) is 4.98 Å². The minimum Gasteiger partial charge on any atom is -0.489 e. The van der Waals surface area contributed by atoms with Gasteiger partial charge in [-0.05, 0) is 6.92 Å². The Kier molecular flexibility index (Phi) is 1.86. The molecule has 0 N–H and O–H groups in total. The minimum absolute atomic E-state index is 0.720. The predicted molar refractivity (Wildman–Crippen MR) is 44.6 cm³/mol. The maximum absolute atomic E-state index is 5.46. The van der Waals surface area contributed by atoms with Gasteiger partial charge in [-0.15, -0.1) is 0 Å². The number of aromatic nitrogens is 1. The van der Waals surface area contributed by atoms with Crippen molar-refractivity contribution in [2.45, 2.75) is 13.3 Å². The Hall–Kier alpha value is -1.25. The first-order valence-corrected chi connectivity index (χ1v) is 4.08. The van der Waals surface area contributed by atoms with E-state index >= 15 is 0 Å². The van der Waals surface area contributed by atoms with Crippen molar-refractivity contribution in [3.63, 3.8) is 0 Å². The molecule has 0 spiro atoms. The van der Waals surface area contributed by atoms with Crippen LogP contribution in [0.5, 0.6) is 11.5 Å². The number of ether oxygens (including phenoxy) is 2. The first-order chi connectivity index (χ1) is 5.86. The molecule has 0 bridgehead atoms. The quantitative estimate of drug-likeness (QED) is 0.584. The average Bonchev–Trinajstić information content (AvgIpc) is 2.28. The second-order valence-electron chi connectivity index (χ2n) is 2.82. The molecule has 3 nitrogen and oxygen atoms in total.